The molecule has 3 heteroatoms. The molecule has 2 rings (SSSR count). The zero-order chi connectivity index (χ0) is 17.5. The molecule has 0 saturated carbocycles. The van der Waals surface area contributed by atoms with E-state index in [0.717, 1.165) is 31.5 Å². The third-order valence-electron chi connectivity index (χ3n) is 5.58. The van der Waals surface area contributed by atoms with E-state index in [2.05, 4.69) is 69.2 Å². The van der Waals surface area contributed by atoms with Crippen LogP contribution in [0.1, 0.15) is 55.3 Å². The number of hydrogen-bond donors (Lipinski definition) is 2. The topological polar surface area (TPSA) is 27.3 Å². The number of nitrogens with zero attached hydrogens (tertiary/aromatic N) is 1. The first-order chi connectivity index (χ1) is 10.7. The lowest BCUT2D eigenvalue weighted by atomic mass is 9.73. The van der Waals surface area contributed by atoms with Gasteiger partial charge in [-0.15, -0.1) is 11.8 Å². The van der Waals surface area contributed by atoms with Crippen LogP contribution in [0.2, 0.25) is 0 Å². The largest absolute Gasteiger partial charge is 0.316 e. The third-order valence-corrected chi connectivity index (χ3v) is 5.58. The molecule has 2 atom stereocenters. The molecule has 0 bridgehead atoms. The second-order valence-electron chi connectivity index (χ2n) is 8.72. The number of piperidine rings is 2. The fraction of sp³-hybridized carbons (Fsp3) is 0.900. The van der Waals surface area contributed by atoms with Crippen molar-refractivity contribution in [2.75, 3.05) is 40.3 Å². The molecule has 23 heavy (non-hydrogen) atoms. The van der Waals surface area contributed by atoms with E-state index in [9.17, 15) is 0 Å². The van der Waals surface area contributed by atoms with Gasteiger partial charge in [-0.1, -0.05) is 27.7 Å². The molecular formula is C20H41N3. The minimum absolute atomic E-state index is 0. The molecule has 2 saturated heterocycles. The summed E-state index contributed by atoms with van der Waals surface area (Å²) >= 11 is 0. The van der Waals surface area contributed by atoms with Gasteiger partial charge in [0.25, 0.3) is 0 Å². The Morgan fingerprint density at radius 2 is 1.57 bits per heavy atom. The van der Waals surface area contributed by atoms with Crippen LogP contribution in [0, 0.1) is 28.6 Å². The molecule has 2 heterocycles. The summed E-state index contributed by atoms with van der Waals surface area (Å²) in [5.41, 5.74) is 0.865. The van der Waals surface area contributed by atoms with Gasteiger partial charge in [-0.25, -0.2) is 0 Å². The Labute approximate surface area is 146 Å². The predicted octanol–water partition coefficient (Wildman–Crippen LogP) is 3.22. The highest BCUT2D eigenvalue weighted by molar-refractivity contribution is 5.00. The van der Waals surface area contributed by atoms with Crippen LogP contribution >= 0.6 is 0 Å². The van der Waals surface area contributed by atoms with Crippen LogP contribution in [0.25, 0.3) is 0 Å². The summed E-state index contributed by atoms with van der Waals surface area (Å²) in [6.45, 7) is 15.9. The van der Waals surface area contributed by atoms with Crippen molar-refractivity contribution >= 4 is 0 Å². The highest BCUT2D eigenvalue weighted by Crippen LogP contribution is 2.33. The Kier molecular flexibility index (Phi) is 8.07. The van der Waals surface area contributed by atoms with E-state index >= 15 is 0 Å². The summed E-state index contributed by atoms with van der Waals surface area (Å²) in [4.78, 5) is 2.35. The molecule has 3 nitrogen and oxygen atoms in total. The lowest BCUT2D eigenvalue weighted by molar-refractivity contribution is 0.0993. The van der Waals surface area contributed by atoms with E-state index in [4.69, 9.17) is 0 Å². The predicted molar refractivity (Wildman–Crippen MR) is 104 cm³/mol. The maximum Gasteiger partial charge on any atom is 0.0164 e. The standard InChI is InChI=1S/C11H19N.C9H20N2.H2/c1-4-5-6-10-7-8-12-9-11(10,2)3;1-9(2)7-10-6-5-8(9)11(3)4;/h10,12H,6-9H2,1-3H3;8,10H,5-7H2,1-4H3;1H. The van der Waals surface area contributed by atoms with Crippen molar-refractivity contribution in [1.82, 2.24) is 15.5 Å². The summed E-state index contributed by atoms with van der Waals surface area (Å²) in [5.74, 6) is 6.96. The Balaban J connectivity index is 0.000000425. The van der Waals surface area contributed by atoms with Gasteiger partial charge in [0.1, 0.15) is 0 Å². The molecule has 2 aliphatic heterocycles. The van der Waals surface area contributed by atoms with Gasteiger partial charge in [-0.05, 0) is 63.7 Å². The first-order valence-corrected chi connectivity index (χ1v) is 9.18. The first-order valence-electron chi connectivity index (χ1n) is 9.18. The maximum atomic E-state index is 3.43. The van der Waals surface area contributed by atoms with Gasteiger partial charge in [-0.2, -0.15) is 0 Å². The summed E-state index contributed by atoms with van der Waals surface area (Å²) in [6, 6.07) is 0.740. The lowest BCUT2D eigenvalue weighted by Crippen LogP contribution is -2.52. The molecule has 0 aromatic carbocycles. The van der Waals surface area contributed by atoms with Crippen LogP contribution in [-0.2, 0) is 0 Å². The van der Waals surface area contributed by atoms with Gasteiger partial charge >= 0.3 is 0 Å². The Hall–Kier alpha value is -0.560. The minimum Gasteiger partial charge on any atom is -0.316 e. The smallest absolute Gasteiger partial charge is 0.0164 e. The molecule has 2 fully saturated rings. The number of hydrogen-bond acceptors (Lipinski definition) is 3. The Bertz CT molecular complexity index is 407. The van der Waals surface area contributed by atoms with Crippen LogP contribution < -0.4 is 10.6 Å². The molecule has 0 amide bonds. The summed E-state index contributed by atoms with van der Waals surface area (Å²) in [5, 5.41) is 6.87. The van der Waals surface area contributed by atoms with E-state index < -0.39 is 0 Å². The van der Waals surface area contributed by atoms with Crippen LogP contribution in [0.15, 0.2) is 0 Å². The average Bonchev–Trinajstić information content (AvgIpc) is 2.45. The highest BCUT2D eigenvalue weighted by Gasteiger charge is 2.33. The van der Waals surface area contributed by atoms with E-state index in [0.29, 0.717) is 10.8 Å². The molecule has 2 unspecified atom stereocenters. The van der Waals surface area contributed by atoms with Crippen LogP contribution in [0.5, 0.6) is 0 Å². The van der Waals surface area contributed by atoms with Gasteiger partial charge < -0.3 is 15.5 Å². The first kappa shape index (κ1) is 20.5. The van der Waals surface area contributed by atoms with Crippen molar-refractivity contribution in [3.63, 3.8) is 0 Å². The summed E-state index contributed by atoms with van der Waals surface area (Å²) < 4.78 is 0. The monoisotopic (exact) mass is 323 g/mol. The normalized spacial score (nSPS) is 29.0. The zero-order valence-corrected chi connectivity index (χ0v) is 16.6. The molecule has 0 radical (unpaired) electrons. The molecule has 2 N–H and O–H groups in total. The Morgan fingerprint density at radius 3 is 2.00 bits per heavy atom. The lowest BCUT2D eigenvalue weighted by Gasteiger charge is -2.42. The van der Waals surface area contributed by atoms with Crippen LogP contribution in [-0.4, -0.2) is 51.2 Å². The summed E-state index contributed by atoms with van der Waals surface area (Å²) in [6.07, 6.45) is 3.63. The van der Waals surface area contributed by atoms with E-state index in [1.165, 1.54) is 25.9 Å². The maximum absolute atomic E-state index is 3.43. The minimum atomic E-state index is 0. The molecule has 0 spiro atoms. The molecule has 2 aliphatic rings. The number of rotatable bonds is 2. The quantitative estimate of drug-likeness (QED) is 0.764. The zero-order valence-electron chi connectivity index (χ0n) is 16.6. The SMILES string of the molecule is CC#CCC1CCNCC1(C)C.CN(C)C1CCNCC1(C)C.[HH]. The van der Waals surface area contributed by atoms with Crippen LogP contribution in [0.4, 0.5) is 0 Å². The fourth-order valence-electron chi connectivity index (χ4n) is 3.94. The van der Waals surface area contributed by atoms with Crippen molar-refractivity contribution in [2.45, 2.75) is 59.9 Å². The van der Waals surface area contributed by atoms with Crippen molar-refractivity contribution in [1.29, 1.82) is 0 Å². The molecule has 0 aromatic rings. The summed E-state index contributed by atoms with van der Waals surface area (Å²) in [7, 11) is 4.36. The number of nitrogens with one attached hydrogen (secondary N) is 2. The third kappa shape index (κ3) is 6.45. The van der Waals surface area contributed by atoms with Gasteiger partial charge in [0.05, 0.1) is 0 Å². The van der Waals surface area contributed by atoms with E-state index in [-0.39, 0.29) is 1.43 Å². The second-order valence-corrected chi connectivity index (χ2v) is 8.72. The van der Waals surface area contributed by atoms with Crippen LogP contribution in [0.3, 0.4) is 0 Å². The Morgan fingerprint density at radius 1 is 1.00 bits per heavy atom. The highest BCUT2D eigenvalue weighted by atomic mass is 15.1. The van der Waals surface area contributed by atoms with Gasteiger partial charge in [0, 0.05) is 27.0 Å². The van der Waals surface area contributed by atoms with Crippen molar-refractivity contribution in [3.8, 4) is 11.8 Å². The van der Waals surface area contributed by atoms with E-state index in [1.807, 2.05) is 6.92 Å². The van der Waals surface area contributed by atoms with Crippen molar-refractivity contribution in [2.24, 2.45) is 16.7 Å². The van der Waals surface area contributed by atoms with Crippen molar-refractivity contribution < 1.29 is 1.43 Å². The molecule has 0 aliphatic carbocycles. The van der Waals surface area contributed by atoms with Gasteiger partial charge in [-0.3, -0.25) is 0 Å². The molecular weight excluding hydrogens is 282 g/mol. The van der Waals surface area contributed by atoms with E-state index in [1.54, 1.807) is 0 Å². The van der Waals surface area contributed by atoms with Crippen molar-refractivity contribution in [3.05, 3.63) is 0 Å². The fourth-order valence-corrected chi connectivity index (χ4v) is 3.94. The average molecular weight is 324 g/mol. The van der Waals surface area contributed by atoms with Gasteiger partial charge in [0.15, 0.2) is 0 Å². The molecule has 0 aromatic heterocycles. The second kappa shape index (κ2) is 9.06. The molecule has 136 valence electrons. The van der Waals surface area contributed by atoms with Gasteiger partial charge in [0.2, 0.25) is 0 Å².